The fourth-order valence-corrected chi connectivity index (χ4v) is 0.830. The zero-order valence-electron chi connectivity index (χ0n) is 5.94. The average molecular weight is 151 g/mol. The smallest absolute Gasteiger partial charge is 0.115 e. The van der Waals surface area contributed by atoms with Crippen LogP contribution in [0.15, 0.2) is 29.4 Å². The van der Waals surface area contributed by atoms with Crippen LogP contribution in [0.1, 0.15) is 5.56 Å². The van der Waals surface area contributed by atoms with Gasteiger partial charge in [-0.05, 0) is 17.7 Å². The highest BCUT2D eigenvalue weighted by molar-refractivity contribution is 5.60. The maximum Gasteiger partial charge on any atom is 0.115 e. The molecule has 0 unspecified atom stereocenters. The fraction of sp³-hybridized carbons (Fsp3) is 0.125. The minimum atomic E-state index is 0.230. The summed E-state index contributed by atoms with van der Waals surface area (Å²) < 4.78 is 0. The molecule has 58 valence electrons. The van der Waals surface area contributed by atoms with Crippen LogP contribution in [-0.4, -0.2) is 16.5 Å². The summed E-state index contributed by atoms with van der Waals surface area (Å²) >= 11 is 0. The predicted molar refractivity (Wildman–Crippen MR) is 42.1 cm³/mol. The molecule has 0 atom stereocenters. The Balaban J connectivity index is 2.71. The van der Waals surface area contributed by atoms with Crippen molar-refractivity contribution >= 4 is 6.21 Å². The molecule has 0 heterocycles. The molecule has 0 aliphatic heterocycles. The van der Waals surface area contributed by atoms with Gasteiger partial charge in [0.25, 0.3) is 0 Å². The van der Waals surface area contributed by atoms with Gasteiger partial charge in [-0.3, -0.25) is 0 Å². The Bertz CT molecular complexity index is 258. The van der Waals surface area contributed by atoms with E-state index in [4.69, 9.17) is 10.3 Å². The van der Waals surface area contributed by atoms with E-state index in [-0.39, 0.29) is 5.75 Å². The highest BCUT2D eigenvalue weighted by Gasteiger charge is 1.90. The maximum atomic E-state index is 9.01. The first-order valence-electron chi connectivity index (χ1n) is 3.26. The molecule has 0 aromatic heterocycles. The quantitative estimate of drug-likeness (QED) is 0.381. The second kappa shape index (κ2) is 3.61. The van der Waals surface area contributed by atoms with Crippen molar-refractivity contribution in [2.75, 3.05) is 0 Å². The van der Waals surface area contributed by atoms with Crippen LogP contribution in [0.2, 0.25) is 0 Å². The molecule has 3 heteroatoms. The molecular weight excluding hydrogens is 142 g/mol. The van der Waals surface area contributed by atoms with Gasteiger partial charge < -0.3 is 10.3 Å². The number of hydrogen-bond acceptors (Lipinski definition) is 3. The fourth-order valence-electron chi connectivity index (χ4n) is 0.830. The van der Waals surface area contributed by atoms with Crippen molar-refractivity contribution in [3.05, 3.63) is 29.8 Å². The Kier molecular flexibility index (Phi) is 2.49. The Morgan fingerprint density at radius 1 is 1.45 bits per heavy atom. The van der Waals surface area contributed by atoms with Gasteiger partial charge in [0.05, 0.1) is 0 Å². The predicted octanol–water partition coefficient (Wildman–Crippen LogP) is 1.39. The van der Waals surface area contributed by atoms with Crippen molar-refractivity contribution in [1.82, 2.24) is 0 Å². The maximum absolute atomic E-state index is 9.01. The number of benzene rings is 1. The summed E-state index contributed by atoms with van der Waals surface area (Å²) in [6, 6.07) is 6.82. The van der Waals surface area contributed by atoms with E-state index in [1.54, 1.807) is 18.2 Å². The summed E-state index contributed by atoms with van der Waals surface area (Å²) in [5.41, 5.74) is 0.919. The van der Waals surface area contributed by atoms with Crippen molar-refractivity contribution < 1.29 is 10.3 Å². The molecule has 0 radical (unpaired) electrons. The first-order chi connectivity index (χ1) is 5.33. The van der Waals surface area contributed by atoms with Gasteiger partial charge >= 0.3 is 0 Å². The molecule has 0 fully saturated rings. The third-order valence-electron chi connectivity index (χ3n) is 1.32. The number of nitrogens with zero attached hydrogens (tertiary/aromatic N) is 1. The SMILES string of the molecule is ON=CCc1cccc(O)c1. The van der Waals surface area contributed by atoms with Crippen molar-refractivity contribution in [1.29, 1.82) is 0 Å². The first-order valence-corrected chi connectivity index (χ1v) is 3.26. The standard InChI is InChI=1S/C8H9NO2/c10-8-3-1-2-7(6-8)4-5-9-11/h1-3,5-6,10-11H,4H2. The number of phenols is 1. The van der Waals surface area contributed by atoms with Gasteiger partial charge in [0.15, 0.2) is 0 Å². The van der Waals surface area contributed by atoms with Gasteiger partial charge in [-0.2, -0.15) is 0 Å². The van der Waals surface area contributed by atoms with Crippen molar-refractivity contribution in [3.63, 3.8) is 0 Å². The monoisotopic (exact) mass is 151 g/mol. The highest BCUT2D eigenvalue weighted by Crippen LogP contribution is 2.10. The molecule has 2 N–H and O–H groups in total. The van der Waals surface area contributed by atoms with Crippen LogP contribution < -0.4 is 0 Å². The number of aromatic hydroxyl groups is 1. The summed E-state index contributed by atoms with van der Waals surface area (Å²) in [6.07, 6.45) is 1.90. The van der Waals surface area contributed by atoms with Crippen molar-refractivity contribution in [2.45, 2.75) is 6.42 Å². The van der Waals surface area contributed by atoms with E-state index >= 15 is 0 Å². The molecule has 3 nitrogen and oxygen atoms in total. The minimum Gasteiger partial charge on any atom is -0.508 e. The topological polar surface area (TPSA) is 52.8 Å². The largest absolute Gasteiger partial charge is 0.508 e. The van der Waals surface area contributed by atoms with E-state index in [2.05, 4.69) is 5.16 Å². The van der Waals surface area contributed by atoms with Crippen LogP contribution in [0.3, 0.4) is 0 Å². The highest BCUT2D eigenvalue weighted by atomic mass is 16.4. The normalized spacial score (nSPS) is 10.5. The summed E-state index contributed by atoms with van der Waals surface area (Å²) in [5.74, 6) is 0.230. The first kappa shape index (κ1) is 7.60. The molecule has 0 aliphatic rings. The van der Waals surface area contributed by atoms with Gasteiger partial charge in [0.1, 0.15) is 5.75 Å². The summed E-state index contributed by atoms with van der Waals surface area (Å²) in [7, 11) is 0. The molecule has 0 saturated heterocycles. The molecule has 0 aliphatic carbocycles. The van der Waals surface area contributed by atoms with E-state index in [1.165, 1.54) is 6.21 Å². The molecule has 1 aromatic carbocycles. The lowest BCUT2D eigenvalue weighted by molar-refractivity contribution is 0.321. The van der Waals surface area contributed by atoms with Crippen LogP contribution in [0, 0.1) is 0 Å². The van der Waals surface area contributed by atoms with Crippen molar-refractivity contribution in [2.24, 2.45) is 5.16 Å². The molecule has 11 heavy (non-hydrogen) atoms. The van der Waals surface area contributed by atoms with Gasteiger partial charge in [-0.25, -0.2) is 0 Å². The molecule has 0 bridgehead atoms. The third-order valence-corrected chi connectivity index (χ3v) is 1.32. The van der Waals surface area contributed by atoms with Gasteiger partial charge in [0, 0.05) is 12.6 Å². The van der Waals surface area contributed by atoms with E-state index in [9.17, 15) is 0 Å². The lowest BCUT2D eigenvalue weighted by Gasteiger charge is -1.95. The van der Waals surface area contributed by atoms with E-state index in [1.807, 2.05) is 6.07 Å². The molecular formula is C8H9NO2. The van der Waals surface area contributed by atoms with Gasteiger partial charge in [-0.1, -0.05) is 12.1 Å². The molecule has 0 spiro atoms. The second-order valence-corrected chi connectivity index (χ2v) is 2.17. The molecule has 0 saturated carbocycles. The summed E-state index contributed by atoms with van der Waals surface area (Å²) in [6.45, 7) is 0. The van der Waals surface area contributed by atoms with Gasteiger partial charge in [-0.15, -0.1) is 5.16 Å². The Hall–Kier alpha value is -1.51. The average Bonchev–Trinajstić information content (AvgIpc) is 2.01. The van der Waals surface area contributed by atoms with E-state index < -0.39 is 0 Å². The second-order valence-electron chi connectivity index (χ2n) is 2.17. The van der Waals surface area contributed by atoms with Crippen molar-refractivity contribution in [3.8, 4) is 5.75 Å². The van der Waals surface area contributed by atoms with Crippen LogP contribution in [-0.2, 0) is 6.42 Å². The third kappa shape index (κ3) is 2.29. The van der Waals surface area contributed by atoms with Crippen LogP contribution >= 0.6 is 0 Å². The zero-order valence-corrected chi connectivity index (χ0v) is 5.94. The van der Waals surface area contributed by atoms with Crippen LogP contribution in [0.4, 0.5) is 0 Å². The van der Waals surface area contributed by atoms with E-state index in [0.29, 0.717) is 6.42 Å². The lowest BCUT2D eigenvalue weighted by Crippen LogP contribution is -1.84. The van der Waals surface area contributed by atoms with Crippen LogP contribution in [0.5, 0.6) is 5.75 Å². The zero-order chi connectivity index (χ0) is 8.10. The number of hydrogen-bond donors (Lipinski definition) is 2. The minimum absolute atomic E-state index is 0.230. The molecule has 1 rings (SSSR count). The Morgan fingerprint density at radius 3 is 2.91 bits per heavy atom. The van der Waals surface area contributed by atoms with Gasteiger partial charge in [0.2, 0.25) is 0 Å². The Labute approximate surface area is 64.6 Å². The van der Waals surface area contributed by atoms with E-state index in [0.717, 1.165) is 5.56 Å². The van der Waals surface area contributed by atoms with Crippen LogP contribution in [0.25, 0.3) is 0 Å². The lowest BCUT2D eigenvalue weighted by atomic mass is 10.1. The number of oxime groups is 1. The Morgan fingerprint density at radius 2 is 2.27 bits per heavy atom. The number of phenolic OH excluding ortho intramolecular Hbond substituents is 1. The summed E-state index contributed by atoms with van der Waals surface area (Å²) in [4.78, 5) is 0. The molecule has 1 aromatic rings. The summed E-state index contributed by atoms with van der Waals surface area (Å²) in [5, 5.41) is 20.0. The molecule has 0 amide bonds. The number of rotatable bonds is 2.